The maximum atomic E-state index is 12.4. The summed E-state index contributed by atoms with van der Waals surface area (Å²) in [5, 5.41) is 0.287. The van der Waals surface area contributed by atoms with Crippen molar-refractivity contribution in [2.75, 3.05) is 7.11 Å². The highest BCUT2D eigenvalue weighted by Gasteiger charge is 2.31. The molecule has 1 aromatic carbocycles. The van der Waals surface area contributed by atoms with Crippen molar-refractivity contribution < 1.29 is 22.7 Å². The number of halogens is 4. The number of esters is 1. The Morgan fingerprint density at radius 3 is 2.50 bits per heavy atom. The van der Waals surface area contributed by atoms with Crippen LogP contribution in [0.4, 0.5) is 13.2 Å². The van der Waals surface area contributed by atoms with Crippen LogP contribution in [-0.4, -0.2) is 13.1 Å². The first-order chi connectivity index (χ1) is 7.40. The van der Waals surface area contributed by atoms with Gasteiger partial charge in [0.1, 0.15) is 0 Å². The van der Waals surface area contributed by atoms with Crippen molar-refractivity contribution in [2.45, 2.75) is 11.5 Å². The number of hydrogen-bond donors (Lipinski definition) is 0. The minimum absolute atomic E-state index is 0.0748. The quantitative estimate of drug-likeness (QED) is 0.618. The first-order valence-corrected chi connectivity index (χ1v) is 5.36. The van der Waals surface area contributed by atoms with Crippen LogP contribution in [0.3, 0.4) is 0 Å². The predicted octanol–water partition coefficient (Wildman–Crippen LogP) is 3.39. The van der Waals surface area contributed by atoms with E-state index in [9.17, 15) is 18.0 Å². The van der Waals surface area contributed by atoms with E-state index in [1.807, 2.05) is 0 Å². The molecule has 0 unspecified atom stereocenters. The maximum Gasteiger partial charge on any atom is 0.416 e. The molecule has 1 aromatic rings. The maximum absolute atomic E-state index is 12.4. The van der Waals surface area contributed by atoms with Crippen LogP contribution in [0.15, 0.2) is 18.2 Å². The fourth-order valence-corrected chi connectivity index (χ4v) is 1.66. The van der Waals surface area contributed by atoms with Crippen molar-refractivity contribution in [2.24, 2.45) is 0 Å². The number of ether oxygens (including phenoxy) is 1. The highest BCUT2D eigenvalue weighted by molar-refractivity contribution is 9.08. The molecule has 0 amide bonds. The van der Waals surface area contributed by atoms with Crippen molar-refractivity contribution in [1.29, 1.82) is 0 Å². The van der Waals surface area contributed by atoms with Gasteiger partial charge >= 0.3 is 12.1 Å². The molecule has 16 heavy (non-hydrogen) atoms. The zero-order valence-corrected chi connectivity index (χ0v) is 9.85. The van der Waals surface area contributed by atoms with E-state index in [4.69, 9.17) is 0 Å². The molecule has 1 rings (SSSR count). The van der Waals surface area contributed by atoms with Crippen molar-refractivity contribution in [3.05, 3.63) is 34.9 Å². The number of hydrogen-bond acceptors (Lipinski definition) is 2. The molecule has 0 atom stereocenters. The average molecular weight is 297 g/mol. The van der Waals surface area contributed by atoms with Crippen LogP contribution in [0.2, 0.25) is 0 Å². The lowest BCUT2D eigenvalue weighted by Crippen LogP contribution is -2.10. The van der Waals surface area contributed by atoms with Gasteiger partial charge in [-0.25, -0.2) is 4.79 Å². The number of methoxy groups -OCH3 is 1. The summed E-state index contributed by atoms with van der Waals surface area (Å²) in [5.74, 6) is -0.777. The zero-order valence-electron chi connectivity index (χ0n) is 8.27. The molecule has 2 nitrogen and oxygen atoms in total. The summed E-state index contributed by atoms with van der Waals surface area (Å²) in [6.07, 6.45) is -4.46. The Hall–Kier alpha value is -1.04. The summed E-state index contributed by atoms with van der Waals surface area (Å²) in [6.45, 7) is 0. The van der Waals surface area contributed by atoms with Crippen LogP contribution in [0.5, 0.6) is 0 Å². The highest BCUT2D eigenvalue weighted by Crippen LogP contribution is 2.31. The molecule has 0 heterocycles. The first kappa shape index (κ1) is 13.0. The molecule has 0 bridgehead atoms. The van der Waals surface area contributed by atoms with Gasteiger partial charge < -0.3 is 4.74 Å². The van der Waals surface area contributed by atoms with E-state index in [1.165, 1.54) is 6.07 Å². The Kier molecular flexibility index (Phi) is 3.96. The molecule has 0 aromatic heterocycles. The van der Waals surface area contributed by atoms with E-state index in [0.717, 1.165) is 19.2 Å². The van der Waals surface area contributed by atoms with Crippen LogP contribution < -0.4 is 0 Å². The molecule has 0 aliphatic heterocycles. The van der Waals surface area contributed by atoms with Crippen LogP contribution in [-0.2, 0) is 16.2 Å². The molecular weight excluding hydrogens is 289 g/mol. The third kappa shape index (κ3) is 2.75. The molecule has 88 valence electrons. The van der Waals surface area contributed by atoms with Gasteiger partial charge in [-0.05, 0) is 17.7 Å². The summed E-state index contributed by atoms with van der Waals surface area (Å²) < 4.78 is 41.6. The topological polar surface area (TPSA) is 26.3 Å². The van der Waals surface area contributed by atoms with Gasteiger partial charge in [0, 0.05) is 5.33 Å². The van der Waals surface area contributed by atoms with Crippen molar-refractivity contribution in [3.63, 3.8) is 0 Å². The Balaban J connectivity index is 3.27. The summed E-state index contributed by atoms with van der Waals surface area (Å²) in [5.41, 5.74) is -0.480. The number of benzene rings is 1. The van der Waals surface area contributed by atoms with Gasteiger partial charge in [-0.1, -0.05) is 22.0 Å². The van der Waals surface area contributed by atoms with E-state index in [-0.39, 0.29) is 10.9 Å². The highest BCUT2D eigenvalue weighted by atomic mass is 79.9. The lowest BCUT2D eigenvalue weighted by Gasteiger charge is -2.10. The Morgan fingerprint density at radius 2 is 2.06 bits per heavy atom. The van der Waals surface area contributed by atoms with Gasteiger partial charge in [0.2, 0.25) is 0 Å². The van der Waals surface area contributed by atoms with E-state index in [2.05, 4.69) is 20.7 Å². The number of carbonyl (C=O) groups excluding carboxylic acids is 1. The SMILES string of the molecule is COC(=O)c1cc(C(F)(F)F)ccc1CBr. The van der Waals surface area contributed by atoms with Crippen LogP contribution in [0.25, 0.3) is 0 Å². The molecule has 0 saturated heterocycles. The largest absolute Gasteiger partial charge is 0.465 e. The minimum Gasteiger partial charge on any atom is -0.465 e. The fourth-order valence-electron chi connectivity index (χ4n) is 1.17. The molecule has 0 aliphatic rings. The van der Waals surface area contributed by atoms with Gasteiger partial charge in [-0.2, -0.15) is 13.2 Å². The third-order valence-corrected chi connectivity index (χ3v) is 2.59. The molecule has 0 saturated carbocycles. The Morgan fingerprint density at radius 1 is 1.44 bits per heavy atom. The van der Waals surface area contributed by atoms with E-state index in [0.29, 0.717) is 5.56 Å². The summed E-state index contributed by atoms with van der Waals surface area (Å²) in [6, 6.07) is 2.98. The molecule has 0 spiro atoms. The normalized spacial score (nSPS) is 11.3. The average Bonchev–Trinajstić information content (AvgIpc) is 2.25. The van der Waals surface area contributed by atoms with Crippen LogP contribution in [0.1, 0.15) is 21.5 Å². The summed E-state index contributed by atoms with van der Waals surface area (Å²) >= 11 is 3.09. The van der Waals surface area contributed by atoms with E-state index >= 15 is 0 Å². The van der Waals surface area contributed by atoms with Gasteiger partial charge in [-0.3, -0.25) is 0 Å². The molecule has 0 aliphatic carbocycles. The van der Waals surface area contributed by atoms with Gasteiger partial charge in [0.15, 0.2) is 0 Å². The first-order valence-electron chi connectivity index (χ1n) is 4.24. The van der Waals surface area contributed by atoms with Crippen molar-refractivity contribution in [1.82, 2.24) is 0 Å². The molecular formula is C10H8BrF3O2. The number of alkyl halides is 4. The Bertz CT molecular complexity index is 402. The van der Waals surface area contributed by atoms with Crippen LogP contribution >= 0.6 is 15.9 Å². The van der Waals surface area contributed by atoms with Crippen molar-refractivity contribution >= 4 is 21.9 Å². The lowest BCUT2D eigenvalue weighted by atomic mass is 10.0. The van der Waals surface area contributed by atoms with Gasteiger partial charge in [0.05, 0.1) is 18.2 Å². The summed E-state index contributed by atoms with van der Waals surface area (Å²) in [4.78, 5) is 11.3. The molecule has 0 N–H and O–H groups in total. The summed E-state index contributed by atoms with van der Waals surface area (Å²) in [7, 11) is 1.13. The second-order valence-electron chi connectivity index (χ2n) is 2.99. The Labute approximate surface area is 98.5 Å². The fraction of sp³-hybridized carbons (Fsp3) is 0.300. The predicted molar refractivity (Wildman–Crippen MR) is 55.4 cm³/mol. The van der Waals surface area contributed by atoms with Crippen LogP contribution in [0, 0.1) is 0 Å². The second-order valence-corrected chi connectivity index (χ2v) is 3.56. The van der Waals surface area contributed by atoms with E-state index < -0.39 is 17.7 Å². The van der Waals surface area contributed by atoms with Gasteiger partial charge in [-0.15, -0.1) is 0 Å². The van der Waals surface area contributed by atoms with Crippen molar-refractivity contribution in [3.8, 4) is 0 Å². The molecule has 6 heteroatoms. The standard InChI is InChI=1S/C10H8BrF3O2/c1-16-9(15)8-4-7(10(12,13)14)3-2-6(8)5-11/h2-4H,5H2,1H3. The minimum atomic E-state index is -4.46. The smallest absolute Gasteiger partial charge is 0.416 e. The monoisotopic (exact) mass is 296 g/mol. The zero-order chi connectivity index (χ0) is 12.3. The lowest BCUT2D eigenvalue weighted by molar-refractivity contribution is -0.137. The van der Waals surface area contributed by atoms with E-state index in [1.54, 1.807) is 0 Å². The number of rotatable bonds is 2. The van der Waals surface area contributed by atoms with Gasteiger partial charge in [0.25, 0.3) is 0 Å². The molecule has 0 fully saturated rings. The number of carbonyl (C=O) groups is 1. The molecule has 0 radical (unpaired) electrons. The third-order valence-electron chi connectivity index (χ3n) is 1.99. The second kappa shape index (κ2) is 4.86.